The van der Waals surface area contributed by atoms with E-state index in [1.54, 1.807) is 0 Å². The van der Waals surface area contributed by atoms with E-state index in [0.29, 0.717) is 6.61 Å². The van der Waals surface area contributed by atoms with Gasteiger partial charge in [-0.1, -0.05) is 114 Å². The lowest BCUT2D eigenvalue weighted by atomic mass is 9.87. The molecule has 0 aromatic heterocycles. The Labute approximate surface area is 235 Å². The number of nitrogens with zero attached hydrogens (tertiary/aromatic N) is 1. The largest absolute Gasteiger partial charge is 0.459 e. The monoisotopic (exact) mass is 524 g/mol. The molecule has 3 nitrogen and oxygen atoms in total. The Morgan fingerprint density at radius 3 is 1.61 bits per heavy atom. The molecular formula is C35H58NO2+. The van der Waals surface area contributed by atoms with E-state index in [0.717, 1.165) is 29.9 Å². The van der Waals surface area contributed by atoms with Crippen LogP contribution in [0, 0.1) is 0 Å². The summed E-state index contributed by atoms with van der Waals surface area (Å²) in [6.07, 6.45) is 15.5. The maximum atomic E-state index is 6.52. The minimum atomic E-state index is -0.273. The molecular weight excluding hydrogens is 466 g/mol. The number of hydrogen-bond donors (Lipinski definition) is 0. The van der Waals surface area contributed by atoms with Crippen molar-refractivity contribution in [2.24, 2.45) is 0 Å². The third-order valence-corrected chi connectivity index (χ3v) is 8.41. The van der Waals surface area contributed by atoms with Crippen LogP contribution in [-0.4, -0.2) is 37.0 Å². The van der Waals surface area contributed by atoms with Gasteiger partial charge in [0, 0.05) is 12.2 Å². The van der Waals surface area contributed by atoms with E-state index >= 15 is 0 Å². The van der Waals surface area contributed by atoms with Crippen LogP contribution in [0.5, 0.6) is 5.75 Å². The summed E-state index contributed by atoms with van der Waals surface area (Å²) in [5.41, 5.74) is 1.36. The van der Waals surface area contributed by atoms with Gasteiger partial charge in [-0.05, 0) is 58.6 Å². The van der Waals surface area contributed by atoms with E-state index < -0.39 is 0 Å². The quantitative estimate of drug-likeness (QED) is 0.0866. The fourth-order valence-electron chi connectivity index (χ4n) is 5.84. The van der Waals surface area contributed by atoms with Gasteiger partial charge in [-0.2, -0.15) is 0 Å². The number of para-hydroxylation sites is 1. The lowest BCUT2D eigenvalue weighted by Gasteiger charge is -2.52. The van der Waals surface area contributed by atoms with Crippen LogP contribution in [0.4, 0.5) is 0 Å². The first-order valence-electron chi connectivity index (χ1n) is 15.7. The van der Waals surface area contributed by atoms with Crippen molar-refractivity contribution >= 4 is 0 Å². The third kappa shape index (κ3) is 10.7. The molecule has 214 valence electrons. The predicted octanol–water partition coefficient (Wildman–Crippen LogP) is 9.90. The maximum absolute atomic E-state index is 6.52. The van der Waals surface area contributed by atoms with Gasteiger partial charge in [-0.15, -0.1) is 0 Å². The van der Waals surface area contributed by atoms with Crippen molar-refractivity contribution in [1.82, 2.24) is 0 Å². The molecule has 0 amide bonds. The van der Waals surface area contributed by atoms with Crippen LogP contribution in [0.15, 0.2) is 60.7 Å². The highest BCUT2D eigenvalue weighted by Crippen LogP contribution is 2.38. The first kappa shape index (κ1) is 32.4. The minimum Gasteiger partial charge on any atom is -0.459 e. The minimum absolute atomic E-state index is 0.0521. The highest BCUT2D eigenvalue weighted by molar-refractivity contribution is 5.22. The number of quaternary nitrogens is 1. The number of ether oxygens (including phenoxy) is 2. The van der Waals surface area contributed by atoms with Crippen molar-refractivity contribution in [3.63, 3.8) is 0 Å². The van der Waals surface area contributed by atoms with Gasteiger partial charge in [0.2, 0.25) is 6.29 Å². The van der Waals surface area contributed by atoms with Gasteiger partial charge < -0.3 is 14.0 Å². The van der Waals surface area contributed by atoms with Crippen LogP contribution in [0.3, 0.4) is 0 Å². The number of rotatable bonds is 22. The molecule has 2 aromatic rings. The molecule has 0 heterocycles. The maximum Gasteiger partial charge on any atom is 0.249 e. The molecule has 1 atom stereocenters. The second-order valence-corrected chi connectivity index (χ2v) is 11.6. The van der Waals surface area contributed by atoms with E-state index in [9.17, 15) is 0 Å². The van der Waals surface area contributed by atoms with Crippen LogP contribution < -0.4 is 4.74 Å². The third-order valence-electron chi connectivity index (χ3n) is 8.41. The standard InChI is InChI=1S/C35H58NO2/c1-6-9-11-13-15-23-29-36(30-24-16-14-12-10-7-2,35(4,5)32-25-19-17-20-26-32)31-34(37-8-3)38-33-27-21-18-22-28-33/h17-22,25-28,34H,6-16,23-24,29-31H2,1-5H3/q+1. The van der Waals surface area contributed by atoms with Crippen molar-refractivity contribution in [2.45, 2.75) is 123 Å². The molecule has 0 fully saturated rings. The van der Waals surface area contributed by atoms with Gasteiger partial charge in [0.05, 0.1) is 13.1 Å². The average molecular weight is 525 g/mol. The second kappa shape index (κ2) is 18.4. The lowest BCUT2D eigenvalue weighted by Crippen LogP contribution is -2.64. The summed E-state index contributed by atoms with van der Waals surface area (Å²) in [6, 6.07) is 21.4. The van der Waals surface area contributed by atoms with Crippen LogP contribution in [0.1, 0.15) is 117 Å². The molecule has 0 aliphatic heterocycles. The smallest absolute Gasteiger partial charge is 0.249 e. The van der Waals surface area contributed by atoms with Gasteiger partial charge in [0.25, 0.3) is 0 Å². The van der Waals surface area contributed by atoms with Gasteiger partial charge in [0.15, 0.2) is 0 Å². The van der Waals surface area contributed by atoms with E-state index in [2.05, 4.69) is 65.0 Å². The predicted molar refractivity (Wildman–Crippen MR) is 164 cm³/mol. The fourth-order valence-corrected chi connectivity index (χ4v) is 5.84. The molecule has 0 spiro atoms. The average Bonchev–Trinajstić information content (AvgIpc) is 2.93. The summed E-state index contributed by atoms with van der Waals surface area (Å²) in [4.78, 5) is 0. The topological polar surface area (TPSA) is 18.5 Å². The summed E-state index contributed by atoms with van der Waals surface area (Å²) < 4.78 is 13.8. The highest BCUT2D eigenvalue weighted by Gasteiger charge is 2.46. The highest BCUT2D eigenvalue weighted by atomic mass is 16.7. The molecule has 0 saturated heterocycles. The zero-order valence-electron chi connectivity index (χ0n) is 25.4. The van der Waals surface area contributed by atoms with E-state index in [1.165, 1.54) is 82.6 Å². The Hall–Kier alpha value is -1.84. The molecule has 2 rings (SSSR count). The van der Waals surface area contributed by atoms with Crippen LogP contribution >= 0.6 is 0 Å². The molecule has 0 bridgehead atoms. The Morgan fingerprint density at radius 2 is 1.11 bits per heavy atom. The Morgan fingerprint density at radius 1 is 0.632 bits per heavy atom. The summed E-state index contributed by atoms with van der Waals surface area (Å²) in [6.45, 7) is 15.4. The van der Waals surface area contributed by atoms with Gasteiger partial charge in [-0.25, -0.2) is 0 Å². The number of benzene rings is 2. The van der Waals surface area contributed by atoms with E-state index in [1.807, 2.05) is 30.3 Å². The number of hydrogen-bond acceptors (Lipinski definition) is 2. The molecule has 1 unspecified atom stereocenters. The van der Waals surface area contributed by atoms with Gasteiger partial charge in [-0.3, -0.25) is 0 Å². The normalized spacial score (nSPS) is 13.0. The van der Waals surface area contributed by atoms with Crippen molar-refractivity contribution in [2.75, 3.05) is 26.2 Å². The second-order valence-electron chi connectivity index (χ2n) is 11.6. The fraction of sp³-hybridized carbons (Fsp3) is 0.657. The van der Waals surface area contributed by atoms with Gasteiger partial charge >= 0.3 is 0 Å². The first-order valence-corrected chi connectivity index (χ1v) is 15.7. The molecule has 0 saturated carbocycles. The summed E-state index contributed by atoms with van der Waals surface area (Å²) in [5.74, 6) is 0.890. The Bertz CT molecular complexity index is 804. The van der Waals surface area contributed by atoms with Crippen LogP contribution in [0.2, 0.25) is 0 Å². The van der Waals surface area contributed by atoms with Gasteiger partial charge in [0.1, 0.15) is 17.8 Å². The molecule has 3 heteroatoms. The molecule has 0 N–H and O–H groups in total. The van der Waals surface area contributed by atoms with E-state index in [-0.39, 0.29) is 11.8 Å². The van der Waals surface area contributed by atoms with Crippen molar-refractivity contribution < 1.29 is 14.0 Å². The molecule has 2 aromatic carbocycles. The SMILES string of the molecule is CCCCCCCC[N+](CCCCCCCC)(CC(OCC)Oc1ccccc1)C(C)(C)c1ccccc1. The zero-order valence-corrected chi connectivity index (χ0v) is 25.4. The summed E-state index contributed by atoms with van der Waals surface area (Å²) >= 11 is 0. The van der Waals surface area contributed by atoms with Crippen LogP contribution in [0.25, 0.3) is 0 Å². The Kier molecular flexibility index (Phi) is 15.7. The molecule has 0 radical (unpaired) electrons. The summed E-state index contributed by atoms with van der Waals surface area (Å²) in [5, 5.41) is 0. The molecule has 38 heavy (non-hydrogen) atoms. The van der Waals surface area contributed by atoms with E-state index in [4.69, 9.17) is 9.47 Å². The molecule has 0 aliphatic carbocycles. The van der Waals surface area contributed by atoms with Crippen molar-refractivity contribution in [3.05, 3.63) is 66.2 Å². The lowest BCUT2D eigenvalue weighted by molar-refractivity contribution is -0.984. The zero-order chi connectivity index (χ0) is 27.5. The van der Waals surface area contributed by atoms with Crippen molar-refractivity contribution in [1.29, 1.82) is 0 Å². The summed E-state index contributed by atoms with van der Waals surface area (Å²) in [7, 11) is 0. The Balaban J connectivity index is 2.35. The van der Waals surface area contributed by atoms with Crippen LogP contribution in [-0.2, 0) is 10.3 Å². The first-order chi connectivity index (χ1) is 18.5. The molecule has 0 aliphatic rings. The number of unbranched alkanes of at least 4 members (excludes halogenated alkanes) is 10. The van der Waals surface area contributed by atoms with Crippen molar-refractivity contribution in [3.8, 4) is 5.75 Å².